The Labute approximate surface area is 111 Å². The number of anilines is 1. The summed E-state index contributed by atoms with van der Waals surface area (Å²) in [6.07, 6.45) is 1.86. The first-order valence-corrected chi connectivity index (χ1v) is 6.87. The number of rotatable bonds is 6. The maximum Gasteiger partial charge on any atom is 0.133 e. The molecule has 2 N–H and O–H groups in total. The lowest BCUT2D eigenvalue weighted by molar-refractivity contribution is 0.546. The van der Waals surface area contributed by atoms with Gasteiger partial charge in [-0.2, -0.15) is 0 Å². The van der Waals surface area contributed by atoms with Crippen LogP contribution in [0.5, 0.6) is 0 Å². The van der Waals surface area contributed by atoms with Gasteiger partial charge in [-0.15, -0.1) is 0 Å². The van der Waals surface area contributed by atoms with Gasteiger partial charge in [0.1, 0.15) is 5.82 Å². The molecule has 1 atom stereocenters. The van der Waals surface area contributed by atoms with Gasteiger partial charge in [0, 0.05) is 30.9 Å². The Balaban J connectivity index is 3.03. The van der Waals surface area contributed by atoms with Crippen LogP contribution in [0.1, 0.15) is 46.2 Å². The summed E-state index contributed by atoms with van der Waals surface area (Å²) in [5.74, 6) is 2.29. The molecule has 3 nitrogen and oxygen atoms in total. The molecule has 1 rings (SSSR count). The minimum Gasteiger partial charge on any atom is -0.356 e. The summed E-state index contributed by atoms with van der Waals surface area (Å²) in [4.78, 5) is 6.92. The first-order valence-electron chi connectivity index (χ1n) is 6.87. The quantitative estimate of drug-likeness (QED) is 0.841. The topological polar surface area (TPSA) is 42.2 Å². The third-order valence-electron chi connectivity index (χ3n) is 2.78. The second kappa shape index (κ2) is 6.74. The Morgan fingerprint density at radius 3 is 2.11 bits per heavy atom. The third kappa shape index (κ3) is 4.30. The van der Waals surface area contributed by atoms with Crippen molar-refractivity contribution in [1.82, 2.24) is 4.98 Å². The second-order valence-corrected chi connectivity index (χ2v) is 5.90. The molecule has 0 spiro atoms. The van der Waals surface area contributed by atoms with E-state index in [1.165, 1.54) is 0 Å². The van der Waals surface area contributed by atoms with Gasteiger partial charge < -0.3 is 10.6 Å². The summed E-state index contributed by atoms with van der Waals surface area (Å²) < 4.78 is 0. The van der Waals surface area contributed by atoms with Crippen molar-refractivity contribution in [1.29, 1.82) is 0 Å². The van der Waals surface area contributed by atoms with E-state index in [1.54, 1.807) is 0 Å². The van der Waals surface area contributed by atoms with Gasteiger partial charge >= 0.3 is 0 Å². The third-order valence-corrected chi connectivity index (χ3v) is 2.78. The molecule has 0 aliphatic carbocycles. The molecule has 0 fully saturated rings. The first-order chi connectivity index (χ1) is 8.41. The monoisotopic (exact) mass is 249 g/mol. The van der Waals surface area contributed by atoms with Crippen LogP contribution in [0, 0.1) is 11.8 Å². The van der Waals surface area contributed by atoms with Crippen molar-refractivity contribution in [2.24, 2.45) is 17.6 Å². The van der Waals surface area contributed by atoms with Crippen molar-refractivity contribution >= 4 is 5.82 Å². The Morgan fingerprint density at radius 1 is 1.11 bits per heavy atom. The molecule has 0 bridgehead atoms. The summed E-state index contributed by atoms with van der Waals surface area (Å²) in [6.45, 7) is 13.0. The predicted octanol–water partition coefficient (Wildman–Crippen LogP) is 3.22. The van der Waals surface area contributed by atoms with Crippen molar-refractivity contribution in [2.75, 3.05) is 18.0 Å². The van der Waals surface area contributed by atoms with E-state index in [1.807, 2.05) is 19.2 Å². The molecule has 0 saturated carbocycles. The summed E-state index contributed by atoms with van der Waals surface area (Å²) in [5, 5.41) is 0. The average molecular weight is 249 g/mol. The highest BCUT2D eigenvalue weighted by molar-refractivity contribution is 5.48. The Morgan fingerprint density at radius 2 is 1.67 bits per heavy atom. The molecule has 0 amide bonds. The van der Waals surface area contributed by atoms with Crippen LogP contribution >= 0.6 is 0 Å². The van der Waals surface area contributed by atoms with Gasteiger partial charge in [-0.3, -0.25) is 0 Å². The minimum absolute atomic E-state index is 0.0236. The summed E-state index contributed by atoms with van der Waals surface area (Å²) in [7, 11) is 0. The molecule has 1 heterocycles. The van der Waals surface area contributed by atoms with E-state index in [-0.39, 0.29) is 6.04 Å². The summed E-state index contributed by atoms with van der Waals surface area (Å²) in [6, 6.07) is 4.07. The molecule has 0 unspecified atom stereocenters. The second-order valence-electron chi connectivity index (χ2n) is 5.90. The maximum atomic E-state index is 6.05. The van der Waals surface area contributed by atoms with Gasteiger partial charge in [0.25, 0.3) is 0 Å². The lowest BCUT2D eigenvalue weighted by Crippen LogP contribution is -2.33. The van der Waals surface area contributed by atoms with E-state index in [9.17, 15) is 0 Å². The molecular formula is C15H27N3. The fourth-order valence-corrected chi connectivity index (χ4v) is 2.16. The van der Waals surface area contributed by atoms with Gasteiger partial charge in [-0.05, 0) is 24.8 Å². The van der Waals surface area contributed by atoms with E-state index in [2.05, 4.69) is 43.6 Å². The SMILES string of the molecule is CC(C)CN(CC(C)C)c1ncccc1[C@H](C)N. The number of hydrogen-bond acceptors (Lipinski definition) is 3. The highest BCUT2D eigenvalue weighted by Gasteiger charge is 2.16. The molecular weight excluding hydrogens is 222 g/mol. The molecule has 3 heteroatoms. The van der Waals surface area contributed by atoms with Gasteiger partial charge in [0.05, 0.1) is 0 Å². The zero-order valence-electron chi connectivity index (χ0n) is 12.4. The van der Waals surface area contributed by atoms with Crippen LogP contribution < -0.4 is 10.6 Å². The fourth-order valence-electron chi connectivity index (χ4n) is 2.16. The van der Waals surface area contributed by atoms with Crippen LogP contribution in [-0.2, 0) is 0 Å². The predicted molar refractivity (Wildman–Crippen MR) is 78.7 cm³/mol. The molecule has 0 radical (unpaired) electrons. The fraction of sp³-hybridized carbons (Fsp3) is 0.667. The molecule has 0 aliphatic heterocycles. The van der Waals surface area contributed by atoms with Gasteiger partial charge in [-0.1, -0.05) is 33.8 Å². The largest absolute Gasteiger partial charge is 0.356 e. The normalized spacial score (nSPS) is 13.1. The van der Waals surface area contributed by atoms with Crippen LogP contribution in [0.3, 0.4) is 0 Å². The first kappa shape index (κ1) is 15.0. The summed E-state index contributed by atoms with van der Waals surface area (Å²) in [5.41, 5.74) is 7.19. The Kier molecular flexibility index (Phi) is 5.60. The zero-order valence-corrected chi connectivity index (χ0v) is 12.4. The number of hydrogen-bond donors (Lipinski definition) is 1. The van der Waals surface area contributed by atoms with E-state index in [4.69, 9.17) is 5.73 Å². The van der Waals surface area contributed by atoms with Crippen LogP contribution in [0.15, 0.2) is 18.3 Å². The number of aromatic nitrogens is 1. The van der Waals surface area contributed by atoms with E-state index < -0.39 is 0 Å². The molecule has 1 aromatic rings. The number of nitrogens with two attached hydrogens (primary N) is 1. The van der Waals surface area contributed by atoms with Crippen LogP contribution in [0.4, 0.5) is 5.82 Å². The van der Waals surface area contributed by atoms with Crippen LogP contribution in [0.25, 0.3) is 0 Å². The number of nitrogens with zero attached hydrogens (tertiary/aromatic N) is 2. The van der Waals surface area contributed by atoms with E-state index >= 15 is 0 Å². The van der Waals surface area contributed by atoms with Crippen LogP contribution in [-0.4, -0.2) is 18.1 Å². The zero-order chi connectivity index (χ0) is 13.7. The smallest absolute Gasteiger partial charge is 0.133 e. The molecule has 102 valence electrons. The Bertz CT molecular complexity index is 349. The highest BCUT2D eigenvalue weighted by Crippen LogP contribution is 2.24. The maximum absolute atomic E-state index is 6.05. The molecule has 0 saturated heterocycles. The van der Waals surface area contributed by atoms with Crippen LogP contribution in [0.2, 0.25) is 0 Å². The van der Waals surface area contributed by atoms with E-state index in [0.717, 1.165) is 24.5 Å². The minimum atomic E-state index is 0.0236. The van der Waals surface area contributed by atoms with Gasteiger partial charge in [0.2, 0.25) is 0 Å². The molecule has 18 heavy (non-hydrogen) atoms. The molecule has 1 aromatic heterocycles. The standard InChI is InChI=1S/C15H27N3/c1-11(2)9-18(10-12(3)4)15-14(13(5)16)7-6-8-17-15/h6-8,11-13H,9-10,16H2,1-5H3/t13-/m0/s1. The number of pyridine rings is 1. The Hall–Kier alpha value is -1.09. The van der Waals surface area contributed by atoms with Crippen molar-refractivity contribution in [3.63, 3.8) is 0 Å². The van der Waals surface area contributed by atoms with Crippen molar-refractivity contribution < 1.29 is 0 Å². The molecule has 0 aromatic carbocycles. The lowest BCUT2D eigenvalue weighted by atomic mass is 10.1. The van der Waals surface area contributed by atoms with Gasteiger partial charge in [0.15, 0.2) is 0 Å². The summed E-state index contributed by atoms with van der Waals surface area (Å²) >= 11 is 0. The van der Waals surface area contributed by atoms with Gasteiger partial charge in [-0.25, -0.2) is 4.98 Å². The van der Waals surface area contributed by atoms with Crippen molar-refractivity contribution in [3.05, 3.63) is 23.9 Å². The highest BCUT2D eigenvalue weighted by atomic mass is 15.2. The van der Waals surface area contributed by atoms with E-state index in [0.29, 0.717) is 11.8 Å². The lowest BCUT2D eigenvalue weighted by Gasteiger charge is -2.29. The van der Waals surface area contributed by atoms with Crippen molar-refractivity contribution in [3.8, 4) is 0 Å². The average Bonchev–Trinajstić information content (AvgIpc) is 2.26. The van der Waals surface area contributed by atoms with Crippen molar-refractivity contribution in [2.45, 2.75) is 40.7 Å². The molecule has 0 aliphatic rings.